The van der Waals surface area contributed by atoms with Gasteiger partial charge in [-0.15, -0.1) is 0 Å². The molecule has 0 bridgehead atoms. The van der Waals surface area contributed by atoms with Gasteiger partial charge >= 0.3 is 0 Å². The lowest BCUT2D eigenvalue weighted by molar-refractivity contribution is 0.671. The van der Waals surface area contributed by atoms with E-state index in [4.69, 9.17) is 33.8 Å². The molecular weight excluding hydrogens is 1710 g/mol. The summed E-state index contributed by atoms with van der Waals surface area (Å²) in [6.45, 7) is 0. The van der Waals surface area contributed by atoms with Crippen molar-refractivity contribution in [1.82, 2.24) is 56.4 Å². The Morgan fingerprint density at radius 2 is 0.474 bits per heavy atom. The van der Waals surface area contributed by atoms with Crippen molar-refractivity contribution >= 4 is 207 Å². The average molecular weight is 1790 g/mol. The van der Waals surface area contributed by atoms with Crippen LogP contribution < -0.4 is 41.5 Å². The third-order valence-electron chi connectivity index (χ3n) is 28.7. The van der Waals surface area contributed by atoms with Crippen LogP contribution >= 0.6 is 0 Å². The molecule has 29 rings (SSSR count). The fourth-order valence-corrected chi connectivity index (χ4v) is 32.5. The fraction of sp³-hybridized carbons (Fsp3) is 0. The first-order valence-electron chi connectivity index (χ1n) is 46.4. The molecule has 640 valence electrons. The molecule has 14 nitrogen and oxygen atoms in total. The van der Waals surface area contributed by atoms with Gasteiger partial charge in [-0.25, -0.2) is 24.9 Å². The zero-order valence-electron chi connectivity index (χ0n) is 73.6. The maximum Gasteiger partial charge on any atom is 0.221 e. The van der Waals surface area contributed by atoms with Gasteiger partial charge in [-0.2, -0.15) is 0 Å². The lowest BCUT2D eigenvalue weighted by Crippen LogP contribution is -2.74. The van der Waals surface area contributed by atoms with E-state index >= 15 is 0 Å². The summed E-state index contributed by atoms with van der Waals surface area (Å²) in [5.41, 5.74) is 23.3. The number of hydrogen-bond acceptors (Lipinski definition) is 7. The van der Waals surface area contributed by atoms with E-state index in [0.717, 1.165) is 194 Å². The highest BCUT2D eigenvalue weighted by atomic mass is 28.3. The predicted molar refractivity (Wildman–Crippen MR) is 564 cm³/mol. The highest BCUT2D eigenvalue weighted by Gasteiger charge is 2.46. The SMILES string of the molecule is c1ccc([Si](c2ccccc2)(c2ccc(-c3cc(-n4c5ccccc5c5cc(-c6ccc7c(c6)n6c8ccccc8nc6n7-c6cc(-c7ccc([Si](c8ccccc8)(c8ccccc8)c8cccc9c8oc8ccccc89)cc7)cc(-n7c8ccccc8n8c9ccccc9nc78)n6)ccc54)nc(-n4c5ccccc5n5c6ccccc6nc45)c3)cc2)c2cccc3c2oc2ccccc23)cc1. The number of hydrogen-bond donors (Lipinski definition) is 0. The molecule has 0 fully saturated rings. The minimum absolute atomic E-state index is 0.688. The molecule has 0 aliphatic rings. The number of nitrogens with zero attached hydrogens (tertiary/aromatic N) is 12. The molecule has 137 heavy (non-hydrogen) atoms. The van der Waals surface area contributed by atoms with E-state index in [1.807, 2.05) is 0 Å². The largest absolute Gasteiger partial charge is 0.456 e. The minimum Gasteiger partial charge on any atom is -0.456 e. The highest BCUT2D eigenvalue weighted by Crippen LogP contribution is 2.43. The fourth-order valence-electron chi connectivity index (χ4n) is 22.7. The summed E-state index contributed by atoms with van der Waals surface area (Å²) >= 11 is 0. The summed E-state index contributed by atoms with van der Waals surface area (Å²) in [5.74, 6) is 5.13. The lowest BCUT2D eigenvalue weighted by atomic mass is 10.0. The number of fused-ring (bicyclic) bond motifs is 24. The van der Waals surface area contributed by atoms with Crippen LogP contribution in [-0.4, -0.2) is 72.5 Å². The summed E-state index contributed by atoms with van der Waals surface area (Å²) in [4.78, 5) is 28.3. The first-order chi connectivity index (χ1) is 67.9. The Kier molecular flexibility index (Phi) is 16.6. The van der Waals surface area contributed by atoms with Gasteiger partial charge in [0, 0.05) is 32.3 Å². The van der Waals surface area contributed by atoms with Gasteiger partial charge < -0.3 is 8.83 Å². The van der Waals surface area contributed by atoms with Gasteiger partial charge in [0.05, 0.1) is 77.2 Å². The maximum atomic E-state index is 7.07. The van der Waals surface area contributed by atoms with Crippen LogP contribution in [0, 0.1) is 0 Å². The molecule has 0 saturated carbocycles. The van der Waals surface area contributed by atoms with Gasteiger partial charge in [-0.1, -0.05) is 334 Å². The van der Waals surface area contributed by atoms with Crippen LogP contribution in [0.2, 0.25) is 0 Å². The van der Waals surface area contributed by atoms with E-state index in [-0.39, 0.29) is 0 Å². The Balaban J connectivity index is 0.610. The molecule has 11 aromatic heterocycles. The molecule has 0 spiro atoms. The zero-order chi connectivity index (χ0) is 89.7. The van der Waals surface area contributed by atoms with Crippen molar-refractivity contribution in [2.45, 2.75) is 0 Å². The first-order valence-corrected chi connectivity index (χ1v) is 50.4. The van der Waals surface area contributed by atoms with Crippen molar-refractivity contribution < 1.29 is 8.83 Å². The maximum absolute atomic E-state index is 7.07. The summed E-state index contributed by atoms with van der Waals surface area (Å²) in [6.07, 6.45) is 0. The van der Waals surface area contributed by atoms with Crippen molar-refractivity contribution in [3.8, 4) is 56.7 Å². The summed E-state index contributed by atoms with van der Waals surface area (Å²) in [6, 6.07) is 168. The number of benzene rings is 18. The normalized spacial score (nSPS) is 12.4. The van der Waals surface area contributed by atoms with Crippen molar-refractivity contribution in [2.24, 2.45) is 0 Å². The average Bonchev–Trinajstić information content (AvgIpc) is 1.70. The van der Waals surface area contributed by atoms with Gasteiger partial charge in [0.25, 0.3) is 0 Å². The summed E-state index contributed by atoms with van der Waals surface area (Å²) < 4.78 is 30.1. The molecule has 29 aromatic rings. The Labute approximate surface area is 784 Å². The van der Waals surface area contributed by atoms with E-state index in [9.17, 15) is 0 Å². The Morgan fingerprint density at radius 3 is 0.898 bits per heavy atom. The third kappa shape index (κ3) is 11.2. The second kappa shape index (κ2) is 29.7. The number of rotatable bonds is 15. The highest BCUT2D eigenvalue weighted by molar-refractivity contribution is 7.21. The molecule has 0 saturated heterocycles. The number of para-hydroxylation sites is 15. The van der Waals surface area contributed by atoms with Gasteiger partial charge in [-0.05, 0) is 202 Å². The van der Waals surface area contributed by atoms with Crippen molar-refractivity contribution in [3.63, 3.8) is 0 Å². The van der Waals surface area contributed by atoms with E-state index in [1.165, 1.54) is 41.5 Å². The summed E-state index contributed by atoms with van der Waals surface area (Å²) in [7, 11) is -6.40. The van der Waals surface area contributed by atoms with Gasteiger partial charge in [0.1, 0.15) is 45.6 Å². The molecule has 11 heterocycles. The predicted octanol–water partition coefficient (Wildman–Crippen LogP) is 23.4. The van der Waals surface area contributed by atoms with Crippen molar-refractivity contribution in [2.75, 3.05) is 0 Å². The molecular formula is C121H76N12O2Si2. The second-order valence-electron chi connectivity index (χ2n) is 35.8. The van der Waals surface area contributed by atoms with Crippen LogP contribution in [0.1, 0.15) is 0 Å². The third-order valence-corrected chi connectivity index (χ3v) is 38.3. The van der Waals surface area contributed by atoms with Crippen LogP contribution in [0.25, 0.3) is 206 Å². The van der Waals surface area contributed by atoms with Crippen LogP contribution in [0.4, 0.5) is 0 Å². The molecule has 0 atom stereocenters. The molecule has 0 radical (unpaired) electrons. The number of aromatic nitrogens is 12. The molecule has 18 aromatic carbocycles. The number of pyridine rings is 2. The van der Waals surface area contributed by atoms with E-state index in [0.29, 0.717) is 11.6 Å². The smallest absolute Gasteiger partial charge is 0.221 e. The molecule has 16 heteroatoms. The molecule has 0 unspecified atom stereocenters. The van der Waals surface area contributed by atoms with Crippen LogP contribution in [0.15, 0.2) is 470 Å². The van der Waals surface area contributed by atoms with E-state index in [2.05, 4.69) is 493 Å². The van der Waals surface area contributed by atoms with Crippen molar-refractivity contribution in [1.29, 1.82) is 0 Å². The molecule has 0 aliphatic heterocycles. The molecule has 0 aliphatic carbocycles. The standard InChI is InChI=1S/C121H76N12O2Si2/c1-5-31-83(32-6-1)136(84-33-7-2-8-34-84,111-57-29-42-92-90-40-14-27-55-109(90)134-117(92)111)87-65-59-77(60-66-87)81-73-113(125-114(74-81)131-105-53-25-23-51-103(105)128-100-48-20-16-44-95(100)122-119(128)131)127-98-47-19-13-39-89(98)94-71-79(63-69-99(94)127)80-64-70-107-108(72-80)130-102-50-22-18-46-97(102)124-121(130)133(107)116-76-82(75-115(126-116)132-106-54-26-24-52-104(106)129-101-49-21-17-45-96(101)123-120(129)132)78-61-67-88(68-62-78)137(85-35-9-3-10-36-85,86-37-11-4-12-38-86)112-58-30-43-93-91-41-15-28-56-110(91)135-118(93)112/h1-76H. The monoisotopic (exact) mass is 1780 g/mol. The van der Waals surface area contributed by atoms with Gasteiger partial charge in [0.2, 0.25) is 17.3 Å². The van der Waals surface area contributed by atoms with Crippen molar-refractivity contribution in [3.05, 3.63) is 461 Å². The first kappa shape index (κ1) is 76.6. The Bertz CT molecular complexity index is 9940. The number of imidazole rings is 6. The molecule has 0 amide bonds. The zero-order valence-corrected chi connectivity index (χ0v) is 75.6. The Morgan fingerprint density at radius 1 is 0.175 bits per heavy atom. The second-order valence-corrected chi connectivity index (χ2v) is 43.3. The Hall–Kier alpha value is -18.1. The lowest BCUT2D eigenvalue weighted by Gasteiger charge is -2.34. The number of furan rings is 2. The van der Waals surface area contributed by atoms with E-state index < -0.39 is 16.1 Å². The topological polar surface area (TPSA) is 124 Å². The van der Waals surface area contributed by atoms with E-state index in [1.54, 1.807) is 0 Å². The minimum atomic E-state index is -3.21. The van der Waals surface area contributed by atoms with Crippen LogP contribution in [0.5, 0.6) is 0 Å². The van der Waals surface area contributed by atoms with Crippen LogP contribution in [0.3, 0.4) is 0 Å². The van der Waals surface area contributed by atoms with Gasteiger partial charge in [-0.3, -0.25) is 31.5 Å². The summed E-state index contributed by atoms with van der Waals surface area (Å²) in [5, 5.41) is 16.4. The van der Waals surface area contributed by atoms with Gasteiger partial charge in [0.15, 0.2) is 16.1 Å². The molecule has 0 N–H and O–H groups in total. The quantitative estimate of drug-likeness (QED) is 0.0739. The van der Waals surface area contributed by atoms with Crippen LogP contribution in [-0.2, 0) is 0 Å².